The fourth-order valence-electron chi connectivity index (χ4n) is 4.94. The summed E-state index contributed by atoms with van der Waals surface area (Å²) in [6.07, 6.45) is 4.54. The van der Waals surface area contributed by atoms with E-state index in [1.807, 2.05) is 12.3 Å². The average Bonchev–Trinajstić information content (AvgIpc) is 3.43. The number of amides is 2. The quantitative estimate of drug-likeness (QED) is 0.470. The predicted octanol–water partition coefficient (Wildman–Crippen LogP) is 2.34. The van der Waals surface area contributed by atoms with Gasteiger partial charge in [0.1, 0.15) is 17.7 Å². The highest BCUT2D eigenvalue weighted by Gasteiger charge is 2.32. The standard InChI is InChI=1S/C28H32FN5O5/c1-37-25-4-2-18-3-5-27(35)30-12-19-8-21(29)11-22(9-19)39-24-6-7-34(15-20-13-31-32-14-20)16-23(24)33-28(36)17-38-26(25)10-18/h2,4,8-11,13-14,23-24H,3,5-7,12,15-17H2,1H3,(H,30,35)(H,31,32)(H,33,36)/t23-,24-/m1/s1. The number of aromatic amines is 1. The highest BCUT2D eigenvalue weighted by Crippen LogP contribution is 2.29. The third-order valence-corrected chi connectivity index (χ3v) is 6.88. The maximum absolute atomic E-state index is 14.5. The first-order chi connectivity index (χ1) is 18.9. The van der Waals surface area contributed by atoms with Crippen LogP contribution < -0.4 is 24.8 Å². The summed E-state index contributed by atoms with van der Waals surface area (Å²) in [4.78, 5) is 27.7. The second-order valence-electron chi connectivity index (χ2n) is 9.81. The molecule has 206 valence electrons. The summed E-state index contributed by atoms with van der Waals surface area (Å²) >= 11 is 0. The van der Waals surface area contributed by atoms with Crippen LogP contribution in [0.25, 0.3) is 0 Å². The number of hydrogen-bond acceptors (Lipinski definition) is 7. The van der Waals surface area contributed by atoms with Gasteiger partial charge in [0.2, 0.25) is 5.91 Å². The number of carbonyl (C=O) groups excluding carboxylic acids is 2. The van der Waals surface area contributed by atoms with Crippen molar-refractivity contribution in [1.82, 2.24) is 25.7 Å². The number of ether oxygens (including phenoxy) is 3. The Morgan fingerprint density at radius 1 is 1.13 bits per heavy atom. The van der Waals surface area contributed by atoms with Crippen molar-refractivity contribution in [2.75, 3.05) is 26.8 Å². The summed E-state index contributed by atoms with van der Waals surface area (Å²) in [5.74, 6) is 0.343. The lowest BCUT2D eigenvalue weighted by molar-refractivity contribution is -0.125. The Kier molecular flexibility index (Phi) is 8.26. The number of aryl methyl sites for hydroxylation is 1. The van der Waals surface area contributed by atoms with E-state index in [0.717, 1.165) is 17.7 Å². The minimum Gasteiger partial charge on any atom is -0.493 e. The Labute approximate surface area is 225 Å². The minimum atomic E-state index is -0.455. The number of likely N-dealkylation sites (tertiary alicyclic amines) is 1. The Balaban J connectivity index is 1.39. The number of aromatic nitrogens is 2. The van der Waals surface area contributed by atoms with Gasteiger partial charge in [-0.05, 0) is 48.2 Å². The zero-order valence-electron chi connectivity index (χ0n) is 21.7. The molecule has 3 N–H and O–H groups in total. The van der Waals surface area contributed by atoms with Gasteiger partial charge in [0.05, 0.1) is 19.3 Å². The van der Waals surface area contributed by atoms with Gasteiger partial charge in [0.15, 0.2) is 18.1 Å². The van der Waals surface area contributed by atoms with Gasteiger partial charge < -0.3 is 24.8 Å². The van der Waals surface area contributed by atoms with E-state index in [2.05, 4.69) is 25.7 Å². The van der Waals surface area contributed by atoms with E-state index in [0.29, 0.717) is 48.7 Å². The lowest BCUT2D eigenvalue weighted by atomic mass is 10.0. The van der Waals surface area contributed by atoms with Gasteiger partial charge in [0.25, 0.3) is 5.91 Å². The molecule has 3 heterocycles. The van der Waals surface area contributed by atoms with Gasteiger partial charge in [-0.15, -0.1) is 0 Å². The number of nitrogens with zero attached hydrogens (tertiary/aromatic N) is 2. The van der Waals surface area contributed by atoms with Crippen molar-refractivity contribution in [3.63, 3.8) is 0 Å². The van der Waals surface area contributed by atoms with E-state index >= 15 is 0 Å². The molecule has 1 saturated heterocycles. The number of carbonyl (C=O) groups is 2. The van der Waals surface area contributed by atoms with Crippen molar-refractivity contribution in [1.29, 1.82) is 0 Å². The summed E-state index contributed by atoms with van der Waals surface area (Å²) in [5, 5.41) is 12.7. The normalized spacial score (nSPS) is 20.8. The van der Waals surface area contributed by atoms with E-state index in [-0.39, 0.29) is 37.4 Å². The predicted molar refractivity (Wildman–Crippen MR) is 140 cm³/mol. The van der Waals surface area contributed by atoms with Gasteiger partial charge in [0, 0.05) is 50.4 Å². The van der Waals surface area contributed by atoms with Crippen LogP contribution >= 0.6 is 0 Å². The van der Waals surface area contributed by atoms with Gasteiger partial charge in [-0.1, -0.05) is 6.07 Å². The largest absolute Gasteiger partial charge is 0.493 e. The topological polar surface area (TPSA) is 118 Å². The van der Waals surface area contributed by atoms with Crippen LogP contribution in [0.3, 0.4) is 0 Å². The SMILES string of the molecule is COc1ccc2cc1OCC(=O)N[C@@H]1CN(Cc3cn[nH]c3)CC[C@H]1Oc1cc(F)cc(c1)CNC(=O)CC2. The van der Waals surface area contributed by atoms with Crippen molar-refractivity contribution in [3.8, 4) is 17.2 Å². The van der Waals surface area contributed by atoms with Crippen molar-refractivity contribution in [3.05, 3.63) is 71.3 Å². The van der Waals surface area contributed by atoms with Crippen LogP contribution in [0, 0.1) is 5.82 Å². The number of fused-ring (bicyclic) bond motifs is 5. The van der Waals surface area contributed by atoms with Crippen LogP contribution in [0.5, 0.6) is 17.2 Å². The maximum Gasteiger partial charge on any atom is 0.258 e. The zero-order chi connectivity index (χ0) is 27.2. The fraction of sp³-hybridized carbons (Fsp3) is 0.393. The Morgan fingerprint density at radius 3 is 2.85 bits per heavy atom. The van der Waals surface area contributed by atoms with Gasteiger partial charge in [-0.3, -0.25) is 19.6 Å². The average molecular weight is 538 g/mol. The molecular weight excluding hydrogens is 505 g/mol. The summed E-state index contributed by atoms with van der Waals surface area (Å²) < 4.78 is 32.0. The zero-order valence-corrected chi connectivity index (χ0v) is 21.7. The van der Waals surface area contributed by atoms with Crippen LogP contribution in [0.15, 0.2) is 48.8 Å². The number of rotatable bonds is 3. The molecule has 2 aliphatic rings. The van der Waals surface area contributed by atoms with Crippen LogP contribution in [-0.2, 0) is 29.1 Å². The smallest absolute Gasteiger partial charge is 0.258 e. The van der Waals surface area contributed by atoms with Crippen molar-refractivity contribution in [2.24, 2.45) is 0 Å². The molecule has 0 aliphatic carbocycles. The Hall–Kier alpha value is -4.12. The Bertz CT molecular complexity index is 1300. The van der Waals surface area contributed by atoms with E-state index in [9.17, 15) is 14.0 Å². The second kappa shape index (κ2) is 12.2. The molecule has 1 fully saturated rings. The van der Waals surface area contributed by atoms with Crippen molar-refractivity contribution < 1.29 is 28.2 Å². The molecule has 3 aromatic rings. The molecule has 0 spiro atoms. The third-order valence-electron chi connectivity index (χ3n) is 6.88. The van der Waals surface area contributed by atoms with Gasteiger partial charge in [-0.25, -0.2) is 4.39 Å². The Morgan fingerprint density at radius 2 is 2.03 bits per heavy atom. The number of H-pyrrole nitrogens is 1. The van der Waals surface area contributed by atoms with Crippen LogP contribution in [0.1, 0.15) is 29.5 Å². The molecule has 0 radical (unpaired) electrons. The number of methoxy groups -OCH3 is 1. The second-order valence-corrected chi connectivity index (χ2v) is 9.81. The lowest BCUT2D eigenvalue weighted by Crippen LogP contribution is -2.57. The minimum absolute atomic E-state index is 0.162. The van der Waals surface area contributed by atoms with E-state index < -0.39 is 11.9 Å². The molecule has 5 rings (SSSR count). The molecule has 0 saturated carbocycles. The number of nitrogens with one attached hydrogen (secondary N) is 3. The highest BCUT2D eigenvalue weighted by atomic mass is 19.1. The molecule has 39 heavy (non-hydrogen) atoms. The van der Waals surface area contributed by atoms with Gasteiger partial charge >= 0.3 is 0 Å². The molecule has 10 nitrogen and oxygen atoms in total. The van der Waals surface area contributed by atoms with Crippen LogP contribution in [0.2, 0.25) is 0 Å². The van der Waals surface area contributed by atoms with Crippen LogP contribution in [-0.4, -0.2) is 65.9 Å². The first-order valence-corrected chi connectivity index (χ1v) is 13.0. The molecule has 11 heteroatoms. The molecule has 2 aliphatic heterocycles. The maximum atomic E-state index is 14.5. The molecule has 2 amide bonds. The summed E-state index contributed by atoms with van der Waals surface area (Å²) in [6.45, 7) is 1.86. The molecule has 1 aromatic heterocycles. The fourth-order valence-corrected chi connectivity index (χ4v) is 4.94. The number of benzene rings is 2. The first kappa shape index (κ1) is 26.5. The summed E-state index contributed by atoms with van der Waals surface area (Å²) in [7, 11) is 1.53. The molecule has 2 aromatic carbocycles. The summed E-state index contributed by atoms with van der Waals surface area (Å²) in [5.41, 5.74) is 2.50. The molecule has 4 bridgehead atoms. The third kappa shape index (κ3) is 7.05. The van der Waals surface area contributed by atoms with E-state index in [1.54, 1.807) is 24.4 Å². The van der Waals surface area contributed by atoms with Crippen molar-refractivity contribution >= 4 is 11.8 Å². The monoisotopic (exact) mass is 537 g/mol. The molecular formula is C28H32FN5O5. The lowest BCUT2D eigenvalue weighted by Gasteiger charge is -2.38. The summed E-state index contributed by atoms with van der Waals surface area (Å²) in [6, 6.07) is 9.44. The molecule has 2 atom stereocenters. The van der Waals surface area contributed by atoms with Crippen LogP contribution in [0.4, 0.5) is 4.39 Å². The van der Waals surface area contributed by atoms with Gasteiger partial charge in [-0.2, -0.15) is 5.10 Å². The molecule has 0 unspecified atom stereocenters. The number of halogens is 1. The highest BCUT2D eigenvalue weighted by molar-refractivity contribution is 5.78. The van der Waals surface area contributed by atoms with E-state index in [1.165, 1.54) is 19.2 Å². The number of hydrogen-bond donors (Lipinski definition) is 3. The van der Waals surface area contributed by atoms with Crippen molar-refractivity contribution in [2.45, 2.75) is 44.5 Å². The van der Waals surface area contributed by atoms with E-state index in [4.69, 9.17) is 14.2 Å². The first-order valence-electron chi connectivity index (χ1n) is 13.0. The number of piperidine rings is 1.